The molecule has 2 N–H and O–H groups in total. The molecule has 0 aliphatic carbocycles. The third-order valence-corrected chi connectivity index (χ3v) is 4.66. The summed E-state index contributed by atoms with van der Waals surface area (Å²) in [6, 6.07) is 7.66. The molecule has 0 radical (unpaired) electrons. The summed E-state index contributed by atoms with van der Waals surface area (Å²) in [6.07, 6.45) is 3.44. The first kappa shape index (κ1) is 14.1. The standard InChI is InChI=1S/C16H24N2O/c1-3-16(4-2)9-10-18(12-16)15(19)14-7-5-13(11-17)6-8-14/h5-8H,3-4,9-12,17H2,1-2H3. The van der Waals surface area contributed by atoms with Gasteiger partial charge in [-0.15, -0.1) is 0 Å². The minimum Gasteiger partial charge on any atom is -0.338 e. The van der Waals surface area contributed by atoms with Gasteiger partial charge in [0.2, 0.25) is 0 Å². The average molecular weight is 260 g/mol. The second-order valence-electron chi connectivity index (χ2n) is 5.58. The van der Waals surface area contributed by atoms with E-state index in [1.54, 1.807) is 0 Å². The van der Waals surface area contributed by atoms with Crippen LogP contribution in [0.5, 0.6) is 0 Å². The zero-order valence-corrected chi connectivity index (χ0v) is 12.0. The molecule has 3 nitrogen and oxygen atoms in total. The molecule has 1 saturated heterocycles. The Labute approximate surface area is 115 Å². The summed E-state index contributed by atoms with van der Waals surface area (Å²) >= 11 is 0. The SMILES string of the molecule is CCC1(CC)CCN(C(=O)c2ccc(CN)cc2)C1. The fourth-order valence-electron chi connectivity index (χ4n) is 2.90. The van der Waals surface area contributed by atoms with E-state index in [1.807, 2.05) is 29.2 Å². The summed E-state index contributed by atoms with van der Waals surface area (Å²) < 4.78 is 0. The number of amides is 1. The van der Waals surface area contributed by atoms with Crippen molar-refractivity contribution in [3.8, 4) is 0 Å². The molecule has 3 heteroatoms. The normalized spacial score (nSPS) is 17.7. The van der Waals surface area contributed by atoms with Crippen molar-refractivity contribution in [3.63, 3.8) is 0 Å². The number of benzene rings is 1. The molecular formula is C16H24N2O. The van der Waals surface area contributed by atoms with Gasteiger partial charge < -0.3 is 10.6 Å². The Balaban J connectivity index is 2.08. The summed E-state index contributed by atoms with van der Waals surface area (Å²) in [4.78, 5) is 14.5. The number of likely N-dealkylation sites (tertiary alicyclic amines) is 1. The Morgan fingerprint density at radius 1 is 1.26 bits per heavy atom. The largest absolute Gasteiger partial charge is 0.338 e. The van der Waals surface area contributed by atoms with E-state index in [1.165, 1.54) is 0 Å². The van der Waals surface area contributed by atoms with Crippen LogP contribution in [-0.2, 0) is 6.54 Å². The summed E-state index contributed by atoms with van der Waals surface area (Å²) in [5, 5.41) is 0. The van der Waals surface area contributed by atoms with Crippen molar-refractivity contribution in [1.82, 2.24) is 4.90 Å². The Hall–Kier alpha value is -1.35. The number of hydrogen-bond donors (Lipinski definition) is 1. The van der Waals surface area contributed by atoms with Crippen molar-refractivity contribution in [2.45, 2.75) is 39.7 Å². The third kappa shape index (κ3) is 2.81. The molecule has 0 bridgehead atoms. The Morgan fingerprint density at radius 2 is 1.89 bits per heavy atom. The molecule has 1 fully saturated rings. The number of hydrogen-bond acceptors (Lipinski definition) is 2. The maximum absolute atomic E-state index is 12.5. The van der Waals surface area contributed by atoms with Crippen LogP contribution in [0, 0.1) is 5.41 Å². The topological polar surface area (TPSA) is 46.3 Å². The van der Waals surface area contributed by atoms with Gasteiger partial charge in [0.25, 0.3) is 5.91 Å². The maximum Gasteiger partial charge on any atom is 0.253 e. The maximum atomic E-state index is 12.5. The van der Waals surface area contributed by atoms with Crippen LogP contribution >= 0.6 is 0 Å². The lowest BCUT2D eigenvalue weighted by Crippen LogP contribution is -2.31. The second-order valence-corrected chi connectivity index (χ2v) is 5.58. The van der Waals surface area contributed by atoms with Crippen LogP contribution in [0.4, 0.5) is 0 Å². The molecule has 0 atom stereocenters. The molecule has 104 valence electrons. The highest BCUT2D eigenvalue weighted by Gasteiger charge is 2.37. The number of carbonyl (C=O) groups excluding carboxylic acids is 1. The van der Waals surface area contributed by atoms with Crippen molar-refractivity contribution in [3.05, 3.63) is 35.4 Å². The van der Waals surface area contributed by atoms with Gasteiger partial charge in [-0.25, -0.2) is 0 Å². The zero-order chi connectivity index (χ0) is 13.9. The number of nitrogens with zero attached hydrogens (tertiary/aromatic N) is 1. The van der Waals surface area contributed by atoms with Crippen LogP contribution in [0.25, 0.3) is 0 Å². The smallest absolute Gasteiger partial charge is 0.253 e. The summed E-state index contributed by atoms with van der Waals surface area (Å²) in [5.41, 5.74) is 7.76. The van der Waals surface area contributed by atoms with Crippen molar-refractivity contribution in [2.24, 2.45) is 11.1 Å². The van der Waals surface area contributed by atoms with Gasteiger partial charge in [0.15, 0.2) is 0 Å². The van der Waals surface area contributed by atoms with E-state index in [-0.39, 0.29) is 5.91 Å². The molecule has 1 aliphatic rings. The Bertz CT molecular complexity index is 435. The van der Waals surface area contributed by atoms with E-state index >= 15 is 0 Å². The van der Waals surface area contributed by atoms with Crippen LogP contribution in [0.1, 0.15) is 49.0 Å². The minimum absolute atomic E-state index is 0.160. The van der Waals surface area contributed by atoms with E-state index < -0.39 is 0 Å². The van der Waals surface area contributed by atoms with Gasteiger partial charge in [-0.1, -0.05) is 26.0 Å². The van der Waals surface area contributed by atoms with Crippen LogP contribution in [0.2, 0.25) is 0 Å². The van der Waals surface area contributed by atoms with Gasteiger partial charge in [-0.2, -0.15) is 0 Å². The van der Waals surface area contributed by atoms with Gasteiger partial charge in [0.05, 0.1) is 0 Å². The van der Waals surface area contributed by atoms with Gasteiger partial charge >= 0.3 is 0 Å². The fourth-order valence-corrected chi connectivity index (χ4v) is 2.90. The molecule has 0 spiro atoms. The van der Waals surface area contributed by atoms with E-state index in [9.17, 15) is 4.79 Å². The fraction of sp³-hybridized carbons (Fsp3) is 0.562. The first-order chi connectivity index (χ1) is 9.14. The highest BCUT2D eigenvalue weighted by molar-refractivity contribution is 5.94. The molecule has 0 saturated carbocycles. The lowest BCUT2D eigenvalue weighted by Gasteiger charge is -2.26. The van der Waals surface area contributed by atoms with Gasteiger partial charge in [-0.05, 0) is 42.4 Å². The Morgan fingerprint density at radius 3 is 2.37 bits per heavy atom. The highest BCUT2D eigenvalue weighted by Crippen LogP contribution is 2.37. The molecule has 1 aliphatic heterocycles. The first-order valence-electron chi connectivity index (χ1n) is 7.22. The van der Waals surface area contributed by atoms with E-state index in [2.05, 4.69) is 13.8 Å². The van der Waals surface area contributed by atoms with Crippen molar-refractivity contribution in [1.29, 1.82) is 0 Å². The lowest BCUT2D eigenvalue weighted by atomic mass is 9.82. The molecule has 2 rings (SSSR count). The molecule has 1 heterocycles. The van der Waals surface area contributed by atoms with Crippen molar-refractivity contribution < 1.29 is 4.79 Å². The predicted molar refractivity (Wildman–Crippen MR) is 77.9 cm³/mol. The van der Waals surface area contributed by atoms with Crippen LogP contribution < -0.4 is 5.73 Å². The summed E-state index contributed by atoms with van der Waals surface area (Å²) in [6.45, 7) is 6.77. The van der Waals surface area contributed by atoms with E-state index in [0.29, 0.717) is 12.0 Å². The average Bonchev–Trinajstić information content (AvgIpc) is 2.92. The van der Waals surface area contributed by atoms with Crippen LogP contribution in [0.15, 0.2) is 24.3 Å². The quantitative estimate of drug-likeness (QED) is 0.905. The van der Waals surface area contributed by atoms with Crippen LogP contribution in [-0.4, -0.2) is 23.9 Å². The zero-order valence-electron chi connectivity index (χ0n) is 12.0. The molecule has 1 aromatic carbocycles. The molecule has 1 aromatic rings. The molecule has 0 aromatic heterocycles. The highest BCUT2D eigenvalue weighted by atomic mass is 16.2. The first-order valence-corrected chi connectivity index (χ1v) is 7.22. The van der Waals surface area contributed by atoms with Gasteiger partial charge in [0, 0.05) is 25.2 Å². The predicted octanol–water partition coefficient (Wildman–Crippen LogP) is 2.80. The molecular weight excluding hydrogens is 236 g/mol. The van der Waals surface area contributed by atoms with Crippen LogP contribution in [0.3, 0.4) is 0 Å². The second kappa shape index (κ2) is 5.74. The van der Waals surface area contributed by atoms with E-state index in [0.717, 1.165) is 43.5 Å². The van der Waals surface area contributed by atoms with Gasteiger partial charge in [0.1, 0.15) is 0 Å². The monoisotopic (exact) mass is 260 g/mol. The molecule has 1 amide bonds. The van der Waals surface area contributed by atoms with Crippen molar-refractivity contribution in [2.75, 3.05) is 13.1 Å². The molecule has 19 heavy (non-hydrogen) atoms. The minimum atomic E-state index is 0.160. The third-order valence-electron chi connectivity index (χ3n) is 4.66. The summed E-state index contributed by atoms with van der Waals surface area (Å²) in [7, 11) is 0. The van der Waals surface area contributed by atoms with E-state index in [4.69, 9.17) is 5.73 Å². The number of carbonyl (C=O) groups is 1. The number of nitrogens with two attached hydrogens (primary N) is 1. The number of rotatable bonds is 4. The molecule has 0 unspecified atom stereocenters. The van der Waals surface area contributed by atoms with Gasteiger partial charge in [-0.3, -0.25) is 4.79 Å². The lowest BCUT2D eigenvalue weighted by molar-refractivity contribution is 0.0770. The Kier molecular flexibility index (Phi) is 4.25. The summed E-state index contributed by atoms with van der Waals surface area (Å²) in [5.74, 6) is 0.160. The van der Waals surface area contributed by atoms with Crippen molar-refractivity contribution >= 4 is 5.91 Å².